The van der Waals surface area contributed by atoms with Crippen molar-refractivity contribution < 1.29 is 24.0 Å². The minimum absolute atomic E-state index is 0.0214. The van der Waals surface area contributed by atoms with Crippen molar-refractivity contribution in [3.05, 3.63) is 64.2 Å². The van der Waals surface area contributed by atoms with Crippen LogP contribution < -0.4 is 10.1 Å². The number of methoxy groups -OCH3 is 1. The summed E-state index contributed by atoms with van der Waals surface area (Å²) in [5.41, 5.74) is 0.0541. The third kappa shape index (κ3) is 4.43. The number of aryl methyl sites for hydroxylation is 1. The predicted molar refractivity (Wildman–Crippen MR) is 103 cm³/mol. The van der Waals surface area contributed by atoms with Crippen LogP contribution in [-0.2, 0) is 18.0 Å². The van der Waals surface area contributed by atoms with Gasteiger partial charge >= 0.3 is 11.7 Å². The minimum atomic E-state index is -0.680. The quantitative estimate of drug-likeness (QED) is 0.335. The van der Waals surface area contributed by atoms with E-state index >= 15 is 0 Å². The van der Waals surface area contributed by atoms with Crippen molar-refractivity contribution in [2.75, 3.05) is 12.4 Å². The molecule has 12 heteroatoms. The molecule has 3 aromatic rings. The average Bonchev–Trinajstić information content (AvgIpc) is 3.39. The van der Waals surface area contributed by atoms with Gasteiger partial charge in [-0.3, -0.25) is 19.6 Å². The Morgan fingerprint density at radius 1 is 1.20 bits per heavy atom. The molecule has 1 N–H and O–H groups in total. The molecule has 2 aromatic heterocycles. The average molecular weight is 414 g/mol. The first-order valence-electron chi connectivity index (χ1n) is 8.79. The molecule has 12 nitrogen and oxygen atoms in total. The van der Waals surface area contributed by atoms with E-state index in [-0.39, 0.29) is 35.2 Å². The fraction of sp³-hybridized carbons (Fsp3) is 0.222. The summed E-state index contributed by atoms with van der Waals surface area (Å²) in [7, 11) is 1.22. The summed E-state index contributed by atoms with van der Waals surface area (Å²) < 4.78 is 12.9. The van der Waals surface area contributed by atoms with Crippen molar-refractivity contribution in [2.24, 2.45) is 0 Å². The van der Waals surface area contributed by atoms with Gasteiger partial charge < -0.3 is 14.8 Å². The number of para-hydroxylation sites is 2. The molecular formula is C18H18N6O6. The number of esters is 1. The fourth-order valence-electron chi connectivity index (χ4n) is 2.53. The zero-order chi connectivity index (χ0) is 21.7. The van der Waals surface area contributed by atoms with E-state index in [1.54, 1.807) is 6.07 Å². The lowest BCUT2D eigenvalue weighted by Gasteiger charge is -2.06. The largest absolute Gasteiger partial charge is 0.464 e. The monoisotopic (exact) mass is 414 g/mol. The zero-order valence-corrected chi connectivity index (χ0v) is 16.1. The molecule has 1 amide bonds. The maximum atomic E-state index is 12.5. The first-order chi connectivity index (χ1) is 14.4. The third-order valence-corrected chi connectivity index (χ3v) is 4.00. The lowest BCUT2D eigenvalue weighted by molar-refractivity contribution is -0.386. The van der Waals surface area contributed by atoms with Gasteiger partial charge in [0, 0.05) is 25.0 Å². The summed E-state index contributed by atoms with van der Waals surface area (Å²) in [6.07, 6.45) is 3.00. The molecule has 156 valence electrons. The number of hydrogen-bond acceptors (Lipinski definition) is 8. The highest BCUT2D eigenvalue weighted by Crippen LogP contribution is 2.26. The Morgan fingerprint density at radius 2 is 1.97 bits per heavy atom. The Hall–Kier alpha value is -4.22. The molecule has 0 bridgehead atoms. The maximum absolute atomic E-state index is 12.5. The number of rotatable bonds is 8. The van der Waals surface area contributed by atoms with Gasteiger partial charge in [0.15, 0.2) is 23.9 Å². The molecule has 0 aliphatic heterocycles. The highest BCUT2D eigenvalue weighted by molar-refractivity contribution is 6.06. The van der Waals surface area contributed by atoms with E-state index in [0.29, 0.717) is 6.54 Å². The van der Waals surface area contributed by atoms with Crippen LogP contribution in [0.4, 0.5) is 11.4 Å². The molecule has 0 atom stereocenters. The van der Waals surface area contributed by atoms with Crippen molar-refractivity contribution in [3.8, 4) is 5.75 Å². The molecule has 0 aliphatic rings. The number of hydrogen-bond donors (Lipinski definition) is 1. The molecule has 0 saturated heterocycles. The Kier molecular flexibility index (Phi) is 6.05. The van der Waals surface area contributed by atoms with Gasteiger partial charge in [0.1, 0.15) is 0 Å². The zero-order valence-electron chi connectivity index (χ0n) is 16.1. The smallest absolute Gasteiger partial charge is 0.360 e. The van der Waals surface area contributed by atoms with Crippen molar-refractivity contribution in [3.63, 3.8) is 0 Å². The number of anilines is 1. The topological polar surface area (TPSA) is 143 Å². The number of aromatic nitrogens is 4. The summed E-state index contributed by atoms with van der Waals surface area (Å²) in [6.45, 7) is 2.19. The molecule has 0 aliphatic carbocycles. The van der Waals surface area contributed by atoms with Gasteiger partial charge in [-0.25, -0.2) is 9.48 Å². The van der Waals surface area contributed by atoms with Crippen LogP contribution in [0.15, 0.2) is 42.7 Å². The second-order valence-electron chi connectivity index (χ2n) is 5.93. The molecule has 0 spiro atoms. The lowest BCUT2D eigenvalue weighted by Crippen LogP contribution is -2.16. The van der Waals surface area contributed by atoms with Crippen LogP contribution in [0.25, 0.3) is 0 Å². The molecular weight excluding hydrogens is 396 g/mol. The van der Waals surface area contributed by atoms with E-state index in [2.05, 4.69) is 20.3 Å². The number of carbonyl (C=O) groups excluding carboxylic acids is 2. The first kappa shape index (κ1) is 20.5. The van der Waals surface area contributed by atoms with Crippen LogP contribution in [0.5, 0.6) is 5.75 Å². The number of benzene rings is 1. The number of nitro groups is 1. The summed E-state index contributed by atoms with van der Waals surface area (Å²) in [4.78, 5) is 34.8. The minimum Gasteiger partial charge on any atom is -0.464 e. The van der Waals surface area contributed by atoms with Crippen molar-refractivity contribution in [1.82, 2.24) is 19.6 Å². The fourth-order valence-corrected chi connectivity index (χ4v) is 2.53. The maximum Gasteiger partial charge on any atom is 0.360 e. The third-order valence-electron chi connectivity index (χ3n) is 4.00. The SMILES string of the molecule is CCn1cc(NC(=O)c2ccn(COc3ccccc3[N+](=O)[O-])n2)c(C(=O)OC)n1. The van der Waals surface area contributed by atoms with E-state index in [1.165, 1.54) is 53.1 Å². The second-order valence-corrected chi connectivity index (χ2v) is 5.93. The predicted octanol–water partition coefficient (Wildman–Crippen LogP) is 2.08. The molecule has 1 aromatic carbocycles. The summed E-state index contributed by atoms with van der Waals surface area (Å²) in [6, 6.07) is 7.38. The van der Waals surface area contributed by atoms with Crippen LogP contribution in [0.2, 0.25) is 0 Å². The van der Waals surface area contributed by atoms with E-state index in [0.717, 1.165) is 0 Å². The van der Waals surface area contributed by atoms with Gasteiger partial charge in [0.2, 0.25) is 0 Å². The number of ether oxygens (including phenoxy) is 2. The summed E-state index contributed by atoms with van der Waals surface area (Å²) in [5, 5.41) is 21.8. The number of nitro benzene ring substituents is 1. The Balaban J connectivity index is 1.70. The highest BCUT2D eigenvalue weighted by atomic mass is 16.6. The molecule has 0 fully saturated rings. The van der Waals surface area contributed by atoms with Crippen LogP contribution >= 0.6 is 0 Å². The second kappa shape index (κ2) is 8.86. The van der Waals surface area contributed by atoms with E-state index in [4.69, 9.17) is 4.74 Å². The van der Waals surface area contributed by atoms with Crippen molar-refractivity contribution in [2.45, 2.75) is 20.2 Å². The molecule has 30 heavy (non-hydrogen) atoms. The van der Waals surface area contributed by atoms with Crippen LogP contribution in [0.3, 0.4) is 0 Å². The number of nitrogens with one attached hydrogen (secondary N) is 1. The molecule has 0 saturated carbocycles. The summed E-state index contributed by atoms with van der Waals surface area (Å²) in [5.74, 6) is -1.17. The van der Waals surface area contributed by atoms with E-state index in [1.807, 2.05) is 6.92 Å². The number of nitrogens with zero attached hydrogens (tertiary/aromatic N) is 5. The van der Waals surface area contributed by atoms with Crippen LogP contribution in [0.1, 0.15) is 27.9 Å². The van der Waals surface area contributed by atoms with Crippen molar-refractivity contribution >= 4 is 23.3 Å². The molecule has 3 rings (SSSR count). The standard InChI is InChI=1S/C18H18N6O6/c1-3-22-10-13(16(21-22)18(26)29-2)19-17(25)12-8-9-23(20-12)11-30-15-7-5-4-6-14(15)24(27)28/h4-10H,3,11H2,1-2H3,(H,19,25). The van der Waals surface area contributed by atoms with Gasteiger partial charge in [0.05, 0.1) is 17.7 Å². The first-order valence-corrected chi connectivity index (χ1v) is 8.79. The van der Waals surface area contributed by atoms with E-state index < -0.39 is 16.8 Å². The van der Waals surface area contributed by atoms with Crippen molar-refractivity contribution in [1.29, 1.82) is 0 Å². The van der Waals surface area contributed by atoms with E-state index in [9.17, 15) is 19.7 Å². The normalized spacial score (nSPS) is 10.5. The summed E-state index contributed by atoms with van der Waals surface area (Å²) >= 11 is 0. The Morgan fingerprint density at radius 3 is 2.67 bits per heavy atom. The van der Waals surface area contributed by atoms with Gasteiger partial charge in [-0.05, 0) is 19.1 Å². The van der Waals surface area contributed by atoms with Gasteiger partial charge in [0.25, 0.3) is 5.91 Å². The molecule has 0 unspecified atom stereocenters. The van der Waals surface area contributed by atoms with Crippen LogP contribution in [-0.4, -0.2) is 43.5 Å². The Bertz CT molecular complexity index is 1090. The Labute approximate surface area is 170 Å². The number of amides is 1. The molecule has 2 heterocycles. The lowest BCUT2D eigenvalue weighted by atomic mass is 10.3. The van der Waals surface area contributed by atoms with Crippen LogP contribution in [0, 0.1) is 10.1 Å². The highest BCUT2D eigenvalue weighted by Gasteiger charge is 2.21. The van der Waals surface area contributed by atoms with Gasteiger partial charge in [-0.1, -0.05) is 12.1 Å². The van der Waals surface area contributed by atoms with Gasteiger partial charge in [-0.15, -0.1) is 0 Å². The van der Waals surface area contributed by atoms with Gasteiger partial charge in [-0.2, -0.15) is 10.2 Å². The molecule has 0 radical (unpaired) electrons. The number of carbonyl (C=O) groups is 2.